The summed E-state index contributed by atoms with van der Waals surface area (Å²) >= 11 is 1.09. The molecule has 2 aromatic heterocycles. The topological polar surface area (TPSA) is 105 Å². The quantitative estimate of drug-likeness (QED) is 0.0560. The van der Waals surface area contributed by atoms with E-state index < -0.39 is 41.7 Å². The smallest absolute Gasteiger partial charge is 0.762 e. The summed E-state index contributed by atoms with van der Waals surface area (Å²) in [6.45, 7) is 4.56. The third-order valence-corrected chi connectivity index (χ3v) is 13.4. The van der Waals surface area contributed by atoms with E-state index in [0.717, 1.165) is 41.8 Å². The second-order valence-electron chi connectivity index (χ2n) is 15.2. The van der Waals surface area contributed by atoms with Crippen LogP contribution in [0.4, 0.5) is 30.5 Å². The molecule has 2 atom stereocenters. The highest BCUT2D eigenvalue weighted by atomic mass is 32.2. The fourth-order valence-corrected chi connectivity index (χ4v) is 10.2. The van der Waals surface area contributed by atoms with Crippen molar-refractivity contribution in [3.05, 3.63) is 199 Å². The number of ether oxygens (including phenoxy) is 6. The maximum Gasteiger partial charge on any atom is 0.762 e. The van der Waals surface area contributed by atoms with E-state index >= 15 is 0 Å². The highest BCUT2D eigenvalue weighted by Gasteiger charge is 2.40. The van der Waals surface area contributed by atoms with Crippen LogP contribution in [0.25, 0.3) is 0 Å². The second kappa shape index (κ2) is 26.5. The number of rotatable bonds is 15. The van der Waals surface area contributed by atoms with Gasteiger partial charge in [-0.3, -0.25) is 12.9 Å². The van der Waals surface area contributed by atoms with Gasteiger partial charge in [-0.1, -0.05) is 23.9 Å². The Morgan fingerprint density at radius 1 is 0.534 bits per heavy atom. The molecule has 0 amide bonds. The lowest BCUT2D eigenvalue weighted by Gasteiger charge is -2.19. The maximum absolute atomic E-state index is 14.3. The third kappa shape index (κ3) is 16.1. The SMILES string of the molecule is CC(COc1ccc(Oc2ccc(C#N)cc2)cc1)Oc1ccccn1.CC(COc1ccc(Oc2ccc([S+]3c4cc(F)c(F)cc4Sc4cc(F)c(F)cc43)cc2)cc1)Oc1ccccn1.FB(F)F.[F-]. The van der Waals surface area contributed by atoms with E-state index in [9.17, 15) is 30.5 Å². The molecule has 0 N–H and O–H groups in total. The first-order chi connectivity index (χ1) is 34.8. The summed E-state index contributed by atoms with van der Waals surface area (Å²) in [5.41, 5.74) is 0.600. The van der Waals surface area contributed by atoms with Crippen LogP contribution in [0.15, 0.2) is 195 Å². The van der Waals surface area contributed by atoms with Crippen LogP contribution in [0.1, 0.15) is 19.4 Å². The lowest BCUT2D eigenvalue weighted by atomic mass is 10.2. The number of fused-ring (bicyclic) bond motifs is 2. The Morgan fingerprint density at radius 3 is 1.26 bits per heavy atom. The number of hydrogen-bond acceptors (Lipinski definition) is 10. The highest BCUT2D eigenvalue weighted by Crippen LogP contribution is 2.49. The number of nitrogens with zero attached hydrogens (tertiary/aromatic N) is 3. The van der Waals surface area contributed by atoms with Crippen LogP contribution < -0.4 is 33.1 Å². The minimum Gasteiger partial charge on any atom is -1.00 e. The summed E-state index contributed by atoms with van der Waals surface area (Å²) in [6.07, 6.45) is 3.02. The Hall–Kier alpha value is -7.89. The number of aromatic nitrogens is 2. The van der Waals surface area contributed by atoms with Crippen LogP contribution in [0.3, 0.4) is 0 Å². The van der Waals surface area contributed by atoms with Crippen LogP contribution >= 0.6 is 11.8 Å². The molecule has 1 aliphatic heterocycles. The molecule has 9 rings (SSSR count). The lowest BCUT2D eigenvalue weighted by Crippen LogP contribution is -3.00. The standard InChI is InChI=1S/C32H22F4NO3S2.C21H18N2O3.BF3.FH/c1-19(39-32-4-2-3-13-37-32)18-38-20-5-7-21(8-6-20)40-22-9-11-23(12-10-22)42-30-16-26(35)24(33)14-28(30)41-29-15-25(34)27(36)17-31(29)42;1-16(25-21-4-2-3-13-23-21)15-24-18-9-11-20(12-10-18)26-19-7-5-17(14-22)6-8-19;2-1(3)4;/h2-17,19H,18H2,1H3;2-13,16H,15H2,1H3;;1H/q+1;;;/p-1. The van der Waals surface area contributed by atoms with Crippen LogP contribution in [0, 0.1) is 34.6 Å². The maximum atomic E-state index is 14.3. The third-order valence-electron chi connectivity index (χ3n) is 9.68. The van der Waals surface area contributed by atoms with E-state index in [0.29, 0.717) is 83.8 Å². The normalized spacial score (nSPS) is 11.9. The number of pyridine rings is 2. The van der Waals surface area contributed by atoms with Gasteiger partial charge >= 0.3 is 7.54 Å². The summed E-state index contributed by atoms with van der Waals surface area (Å²) in [7, 11) is -4.66. The predicted octanol–water partition coefficient (Wildman–Crippen LogP) is 11.3. The summed E-state index contributed by atoms with van der Waals surface area (Å²) in [4.78, 5) is 10.9. The highest BCUT2D eigenvalue weighted by molar-refractivity contribution is 8.04. The fraction of sp³-hybridized carbons (Fsp3) is 0.113. The van der Waals surface area contributed by atoms with E-state index in [4.69, 9.17) is 33.7 Å². The zero-order valence-corrected chi connectivity index (χ0v) is 40.1. The first kappa shape index (κ1) is 54.4. The van der Waals surface area contributed by atoms with Crippen LogP contribution in [0.5, 0.6) is 46.3 Å². The van der Waals surface area contributed by atoms with Gasteiger partial charge in [-0.2, -0.15) is 5.26 Å². The molecule has 0 bridgehead atoms. The summed E-state index contributed by atoms with van der Waals surface area (Å²) < 4.78 is 120. The molecule has 2 unspecified atom stereocenters. The molecule has 0 saturated carbocycles. The van der Waals surface area contributed by atoms with Gasteiger partial charge in [-0.05, 0) is 135 Å². The average molecular weight is 1040 g/mol. The van der Waals surface area contributed by atoms with Crippen LogP contribution in [-0.2, 0) is 10.9 Å². The van der Waals surface area contributed by atoms with Gasteiger partial charge in [0.15, 0.2) is 38.0 Å². The van der Waals surface area contributed by atoms with Crippen molar-refractivity contribution in [2.24, 2.45) is 0 Å². The van der Waals surface area contributed by atoms with Gasteiger partial charge in [0.25, 0.3) is 0 Å². The number of benzene rings is 6. The number of nitriles is 1. The molecule has 374 valence electrons. The van der Waals surface area contributed by atoms with E-state index in [1.165, 1.54) is 0 Å². The molecule has 6 aromatic carbocycles. The van der Waals surface area contributed by atoms with Crippen molar-refractivity contribution in [3.63, 3.8) is 0 Å². The van der Waals surface area contributed by atoms with E-state index in [-0.39, 0.29) is 16.9 Å². The Labute approximate surface area is 422 Å². The molecule has 0 aliphatic carbocycles. The molecule has 0 saturated heterocycles. The summed E-state index contributed by atoms with van der Waals surface area (Å²) in [5, 5.41) is 8.80. The molecule has 0 fully saturated rings. The Morgan fingerprint density at radius 2 is 0.890 bits per heavy atom. The first-order valence-corrected chi connectivity index (χ1v) is 23.7. The first-order valence-electron chi connectivity index (χ1n) is 21.7. The van der Waals surface area contributed by atoms with Crippen molar-refractivity contribution < 1.29 is 63.6 Å². The predicted molar refractivity (Wildman–Crippen MR) is 258 cm³/mol. The lowest BCUT2D eigenvalue weighted by molar-refractivity contribution is -0.0000227. The van der Waals surface area contributed by atoms with Crippen molar-refractivity contribution in [3.8, 4) is 52.3 Å². The Kier molecular flexibility index (Phi) is 19.8. The van der Waals surface area contributed by atoms with Crippen molar-refractivity contribution in [2.75, 3.05) is 13.2 Å². The van der Waals surface area contributed by atoms with Crippen LogP contribution in [0.2, 0.25) is 0 Å². The average Bonchev–Trinajstić information content (AvgIpc) is 3.37. The zero-order valence-electron chi connectivity index (χ0n) is 38.4. The van der Waals surface area contributed by atoms with Gasteiger partial charge < -0.3 is 33.1 Å². The molecule has 3 heterocycles. The molecule has 8 aromatic rings. The van der Waals surface area contributed by atoms with Crippen molar-refractivity contribution >= 4 is 30.2 Å². The van der Waals surface area contributed by atoms with Crippen molar-refractivity contribution in [2.45, 2.75) is 50.5 Å². The summed E-state index contributed by atoms with van der Waals surface area (Å²) in [6, 6.07) is 46.0. The van der Waals surface area contributed by atoms with E-state index in [2.05, 4.69) is 16.0 Å². The monoisotopic (exact) mass is 1040 g/mol. The van der Waals surface area contributed by atoms with Gasteiger partial charge in [0.05, 0.1) is 21.4 Å². The minimum atomic E-state index is -3.67. The van der Waals surface area contributed by atoms with Gasteiger partial charge in [-0.15, -0.1) is 0 Å². The van der Waals surface area contributed by atoms with Crippen molar-refractivity contribution in [1.29, 1.82) is 5.26 Å². The fourth-order valence-electron chi connectivity index (χ4n) is 6.45. The minimum absolute atomic E-state index is 0. The van der Waals surface area contributed by atoms with E-state index in [1.54, 1.807) is 91.3 Å². The molecule has 1 aliphatic rings. The number of hydrogen-bond donors (Lipinski definition) is 0. The molecular formula is C53H40BF8N3O6S2. The molecule has 9 nitrogen and oxygen atoms in total. The number of halogens is 8. The molecule has 20 heteroatoms. The van der Waals surface area contributed by atoms with Gasteiger partial charge in [0, 0.05) is 36.7 Å². The van der Waals surface area contributed by atoms with Crippen LogP contribution in [-0.4, -0.2) is 42.9 Å². The van der Waals surface area contributed by atoms with Gasteiger partial charge in [0.1, 0.15) is 70.8 Å². The molecule has 0 radical (unpaired) electrons. The van der Waals surface area contributed by atoms with Crippen molar-refractivity contribution in [1.82, 2.24) is 9.97 Å². The Balaban J connectivity index is 0.000000240. The zero-order chi connectivity index (χ0) is 51.0. The Bertz CT molecular complexity index is 2990. The largest absolute Gasteiger partial charge is 1.00 e. The molecular weight excluding hydrogens is 1000 g/mol. The molecule has 73 heavy (non-hydrogen) atoms. The van der Waals surface area contributed by atoms with E-state index in [1.807, 2.05) is 68.4 Å². The summed E-state index contributed by atoms with van der Waals surface area (Å²) in [5.74, 6) is 0.980. The van der Waals surface area contributed by atoms with Gasteiger partial charge in [-0.25, -0.2) is 27.5 Å². The van der Waals surface area contributed by atoms with Gasteiger partial charge in [0.2, 0.25) is 11.8 Å². The second-order valence-corrected chi connectivity index (χ2v) is 18.2. The molecule has 0 spiro atoms.